The summed E-state index contributed by atoms with van der Waals surface area (Å²) in [5.74, 6) is 1.58. The van der Waals surface area contributed by atoms with Crippen molar-refractivity contribution in [2.45, 2.75) is 17.8 Å². The maximum absolute atomic E-state index is 5.52. The van der Waals surface area contributed by atoms with Crippen LogP contribution in [-0.2, 0) is 10.5 Å². The molecule has 4 aromatic rings. The zero-order valence-electron chi connectivity index (χ0n) is 17.1. The molecule has 5 rings (SSSR count). The first kappa shape index (κ1) is 20.2. The normalized spacial score (nSPS) is 14.2. The molecule has 3 aromatic heterocycles. The fourth-order valence-electron chi connectivity index (χ4n) is 3.44. The third kappa shape index (κ3) is 4.48. The summed E-state index contributed by atoms with van der Waals surface area (Å²) in [5, 5.41) is 13.0. The largest absolute Gasteiger partial charge is 0.378 e. The van der Waals surface area contributed by atoms with Gasteiger partial charge in [-0.1, -0.05) is 30.0 Å². The molecule has 0 radical (unpaired) electrons. The summed E-state index contributed by atoms with van der Waals surface area (Å²) in [6.07, 6.45) is 1.79. The number of aryl methyl sites for hydroxylation is 1. The van der Waals surface area contributed by atoms with Gasteiger partial charge in [0, 0.05) is 30.4 Å². The van der Waals surface area contributed by atoms with E-state index in [1.807, 2.05) is 18.2 Å². The van der Waals surface area contributed by atoms with Gasteiger partial charge in [0.2, 0.25) is 5.95 Å². The van der Waals surface area contributed by atoms with Crippen molar-refractivity contribution < 1.29 is 4.74 Å². The van der Waals surface area contributed by atoms with Crippen molar-refractivity contribution in [2.24, 2.45) is 0 Å². The van der Waals surface area contributed by atoms with E-state index in [0.29, 0.717) is 13.2 Å². The average molecular weight is 451 g/mol. The minimum absolute atomic E-state index is 0.707. The first-order valence-electron chi connectivity index (χ1n) is 10.1. The number of anilines is 1. The van der Waals surface area contributed by atoms with Crippen LogP contribution >= 0.6 is 23.1 Å². The van der Waals surface area contributed by atoms with Gasteiger partial charge in [-0.25, -0.2) is 4.98 Å². The van der Waals surface area contributed by atoms with Crippen LogP contribution < -0.4 is 4.90 Å². The maximum atomic E-state index is 5.52. The molecule has 4 heterocycles. The fourth-order valence-corrected chi connectivity index (χ4v) is 5.18. The fraction of sp³-hybridized carbons (Fsp3) is 0.273. The van der Waals surface area contributed by atoms with Crippen molar-refractivity contribution >= 4 is 29.0 Å². The number of hydrogen-bond donors (Lipinski definition) is 0. The van der Waals surface area contributed by atoms with Crippen molar-refractivity contribution in [3.05, 3.63) is 65.3 Å². The van der Waals surface area contributed by atoms with E-state index in [2.05, 4.69) is 61.2 Å². The molecule has 1 aliphatic rings. The van der Waals surface area contributed by atoms with Gasteiger partial charge in [0.25, 0.3) is 0 Å². The van der Waals surface area contributed by atoms with Crippen LogP contribution in [0.4, 0.5) is 5.95 Å². The number of thioether (sulfide) groups is 1. The highest BCUT2D eigenvalue weighted by atomic mass is 32.2. The first-order chi connectivity index (χ1) is 15.3. The van der Waals surface area contributed by atoms with E-state index in [-0.39, 0.29) is 0 Å². The molecule has 0 amide bonds. The zero-order chi connectivity index (χ0) is 21.0. The van der Waals surface area contributed by atoms with Crippen LogP contribution in [0.5, 0.6) is 0 Å². The highest BCUT2D eigenvalue weighted by Crippen LogP contribution is 2.31. The number of aromatic nitrogens is 5. The van der Waals surface area contributed by atoms with Gasteiger partial charge in [-0.3, -0.25) is 9.55 Å². The van der Waals surface area contributed by atoms with Crippen LogP contribution in [0.15, 0.2) is 59.2 Å². The molecule has 7 nitrogen and oxygen atoms in total. The lowest BCUT2D eigenvalue weighted by atomic mass is 10.2. The maximum Gasteiger partial charge on any atom is 0.232 e. The molecule has 0 spiro atoms. The first-order valence-corrected chi connectivity index (χ1v) is 12.0. The lowest BCUT2D eigenvalue weighted by Gasteiger charge is -2.28. The summed E-state index contributed by atoms with van der Waals surface area (Å²) in [6.45, 7) is 5.14. The highest BCUT2D eigenvalue weighted by molar-refractivity contribution is 7.98. The van der Waals surface area contributed by atoms with Crippen LogP contribution in [0.3, 0.4) is 0 Å². The molecule has 0 saturated carbocycles. The number of rotatable bonds is 6. The second-order valence-electron chi connectivity index (χ2n) is 7.20. The van der Waals surface area contributed by atoms with Gasteiger partial charge >= 0.3 is 0 Å². The molecule has 0 aliphatic carbocycles. The highest BCUT2D eigenvalue weighted by Gasteiger charge is 2.22. The average Bonchev–Trinajstić information content (AvgIpc) is 3.46. The third-order valence-electron chi connectivity index (χ3n) is 4.95. The summed E-state index contributed by atoms with van der Waals surface area (Å²) in [4.78, 5) is 11.4. The van der Waals surface area contributed by atoms with Crippen LogP contribution in [-0.4, -0.2) is 51.0 Å². The number of thiazole rings is 1. The molecule has 1 fully saturated rings. The Morgan fingerprint density at radius 3 is 2.81 bits per heavy atom. The Morgan fingerprint density at radius 2 is 2.00 bits per heavy atom. The Hall–Kier alpha value is -2.75. The lowest BCUT2D eigenvalue weighted by molar-refractivity contribution is 0.122. The van der Waals surface area contributed by atoms with Gasteiger partial charge in [-0.2, -0.15) is 0 Å². The van der Waals surface area contributed by atoms with Crippen molar-refractivity contribution in [3.8, 4) is 16.4 Å². The summed E-state index contributed by atoms with van der Waals surface area (Å²) < 4.78 is 7.67. The van der Waals surface area contributed by atoms with Crippen molar-refractivity contribution in [1.29, 1.82) is 0 Å². The van der Waals surface area contributed by atoms with E-state index < -0.39 is 0 Å². The minimum atomic E-state index is 0.707. The molecule has 0 N–H and O–H groups in total. The number of hydrogen-bond acceptors (Lipinski definition) is 8. The molecule has 158 valence electrons. The topological polar surface area (TPSA) is 69.0 Å². The van der Waals surface area contributed by atoms with Crippen LogP contribution in [0, 0.1) is 6.92 Å². The molecule has 1 saturated heterocycles. The number of benzene rings is 1. The van der Waals surface area contributed by atoms with Crippen LogP contribution in [0.2, 0.25) is 0 Å². The molecule has 0 atom stereocenters. The second-order valence-corrected chi connectivity index (χ2v) is 9.00. The summed E-state index contributed by atoms with van der Waals surface area (Å²) in [7, 11) is 0. The molecular formula is C22H22N6OS2. The van der Waals surface area contributed by atoms with Crippen LogP contribution in [0.25, 0.3) is 16.4 Å². The van der Waals surface area contributed by atoms with E-state index in [1.54, 1.807) is 29.3 Å². The Kier molecular flexibility index (Phi) is 5.97. The molecule has 1 aliphatic heterocycles. The van der Waals surface area contributed by atoms with Gasteiger partial charge in [-0.05, 0) is 36.8 Å². The molecule has 0 unspecified atom stereocenters. The van der Waals surface area contributed by atoms with E-state index in [1.165, 1.54) is 5.56 Å². The van der Waals surface area contributed by atoms with Crippen molar-refractivity contribution in [2.75, 3.05) is 31.2 Å². The monoisotopic (exact) mass is 450 g/mol. The van der Waals surface area contributed by atoms with E-state index in [4.69, 9.17) is 9.72 Å². The molecule has 31 heavy (non-hydrogen) atoms. The number of morpholine rings is 1. The Balaban J connectivity index is 1.41. The second kappa shape index (κ2) is 9.17. The molecule has 1 aromatic carbocycles. The molecule has 9 heteroatoms. The van der Waals surface area contributed by atoms with E-state index >= 15 is 0 Å². The zero-order valence-corrected chi connectivity index (χ0v) is 18.8. The van der Waals surface area contributed by atoms with Gasteiger partial charge in [0.1, 0.15) is 5.01 Å². The van der Waals surface area contributed by atoms with E-state index in [0.717, 1.165) is 52.0 Å². The Morgan fingerprint density at radius 1 is 1.10 bits per heavy atom. The summed E-state index contributed by atoms with van der Waals surface area (Å²) in [5.41, 5.74) is 4.19. The van der Waals surface area contributed by atoms with Crippen molar-refractivity contribution in [3.63, 3.8) is 0 Å². The molecular weight excluding hydrogens is 428 g/mol. The number of pyridine rings is 1. The Labute approximate surface area is 189 Å². The van der Waals surface area contributed by atoms with Crippen LogP contribution in [0.1, 0.15) is 11.3 Å². The standard InChI is InChI=1S/C22H22N6OS2/c1-16-5-4-6-18(13-16)28-21(27-9-11-29-12-10-27)25-26-22(28)31-15-17-14-30-20(24-17)19-7-2-3-8-23-19/h2-8,13-14H,9-12,15H2,1H3. The minimum Gasteiger partial charge on any atom is -0.378 e. The predicted octanol–water partition coefficient (Wildman–Crippen LogP) is 4.22. The van der Waals surface area contributed by atoms with E-state index in [9.17, 15) is 0 Å². The van der Waals surface area contributed by atoms with Crippen molar-refractivity contribution in [1.82, 2.24) is 24.7 Å². The molecule has 0 bridgehead atoms. The van der Waals surface area contributed by atoms with Gasteiger partial charge < -0.3 is 9.64 Å². The van der Waals surface area contributed by atoms with Gasteiger partial charge in [0.15, 0.2) is 5.16 Å². The number of ether oxygens (including phenoxy) is 1. The Bertz CT molecular complexity index is 1150. The SMILES string of the molecule is Cc1cccc(-n2c(SCc3csc(-c4ccccn4)n3)nnc2N2CCOCC2)c1. The van der Waals surface area contributed by atoms with Gasteiger partial charge in [-0.15, -0.1) is 21.5 Å². The quantitative estimate of drug-likeness (QED) is 0.407. The summed E-state index contributed by atoms with van der Waals surface area (Å²) in [6, 6.07) is 14.3. The lowest BCUT2D eigenvalue weighted by Crippen LogP contribution is -2.37. The smallest absolute Gasteiger partial charge is 0.232 e. The van der Waals surface area contributed by atoms with Gasteiger partial charge in [0.05, 0.1) is 30.3 Å². The summed E-state index contributed by atoms with van der Waals surface area (Å²) >= 11 is 3.27. The predicted molar refractivity (Wildman–Crippen MR) is 124 cm³/mol. The third-order valence-corrected chi connectivity index (χ3v) is 6.83. The number of nitrogens with zero attached hydrogens (tertiary/aromatic N) is 6.